The van der Waals surface area contributed by atoms with Crippen molar-refractivity contribution in [1.29, 1.82) is 0 Å². The molecule has 0 bridgehead atoms. The van der Waals surface area contributed by atoms with Gasteiger partial charge < -0.3 is 9.26 Å². The maximum atomic E-state index is 13.8. The first-order chi connectivity index (χ1) is 10.1. The second-order valence-corrected chi connectivity index (χ2v) is 4.95. The Labute approximate surface area is 120 Å². The summed E-state index contributed by atoms with van der Waals surface area (Å²) in [6.45, 7) is 3.49. The molecule has 1 aliphatic rings. The first-order valence-corrected chi connectivity index (χ1v) is 6.70. The van der Waals surface area contributed by atoms with Crippen molar-refractivity contribution in [3.05, 3.63) is 47.1 Å². The third-order valence-electron chi connectivity index (χ3n) is 3.47. The lowest BCUT2D eigenvalue weighted by molar-refractivity contribution is -0.0245. The van der Waals surface area contributed by atoms with Crippen molar-refractivity contribution >= 4 is 0 Å². The third kappa shape index (κ3) is 2.93. The predicted molar refractivity (Wildman–Crippen MR) is 69.4 cm³/mol. The number of aryl methyl sites for hydroxylation is 1. The summed E-state index contributed by atoms with van der Waals surface area (Å²) < 4.78 is 37.7. The van der Waals surface area contributed by atoms with E-state index in [-0.39, 0.29) is 12.6 Å². The average molecular weight is 295 g/mol. The van der Waals surface area contributed by atoms with Crippen molar-refractivity contribution in [2.75, 3.05) is 19.8 Å². The molecule has 2 heterocycles. The first-order valence-electron chi connectivity index (χ1n) is 6.70. The van der Waals surface area contributed by atoms with Gasteiger partial charge in [-0.05, 0) is 13.0 Å². The van der Waals surface area contributed by atoms with Crippen LogP contribution in [0.15, 0.2) is 22.7 Å². The van der Waals surface area contributed by atoms with E-state index in [0.717, 1.165) is 6.07 Å². The summed E-state index contributed by atoms with van der Waals surface area (Å²) in [6, 6.07) is 3.93. The number of halogens is 2. The summed E-state index contributed by atoms with van der Waals surface area (Å²) in [5, 5.41) is 3.76. The number of ether oxygens (including phenoxy) is 1. The summed E-state index contributed by atoms with van der Waals surface area (Å²) in [6.07, 6.45) is 0. The van der Waals surface area contributed by atoms with Crippen LogP contribution in [0.1, 0.15) is 23.3 Å². The fourth-order valence-corrected chi connectivity index (χ4v) is 2.39. The highest BCUT2D eigenvalue weighted by atomic mass is 19.2. The Morgan fingerprint density at radius 1 is 1.38 bits per heavy atom. The highest BCUT2D eigenvalue weighted by Gasteiger charge is 2.30. The molecule has 2 aromatic rings. The van der Waals surface area contributed by atoms with Crippen molar-refractivity contribution < 1.29 is 18.0 Å². The minimum Gasteiger partial charge on any atom is -0.378 e. The van der Waals surface area contributed by atoms with Crippen LogP contribution in [-0.4, -0.2) is 34.8 Å². The Balaban J connectivity index is 1.83. The molecule has 1 aromatic carbocycles. The summed E-state index contributed by atoms with van der Waals surface area (Å²) in [7, 11) is 0. The number of benzene rings is 1. The monoisotopic (exact) mass is 295 g/mol. The van der Waals surface area contributed by atoms with Gasteiger partial charge in [0.25, 0.3) is 0 Å². The molecule has 0 aliphatic carbocycles. The molecule has 7 heteroatoms. The van der Waals surface area contributed by atoms with Gasteiger partial charge in [0, 0.05) is 18.7 Å². The summed E-state index contributed by atoms with van der Waals surface area (Å²) in [5.41, 5.74) is 0.304. The van der Waals surface area contributed by atoms with Gasteiger partial charge in [0.2, 0.25) is 5.89 Å². The fourth-order valence-electron chi connectivity index (χ4n) is 2.39. The van der Waals surface area contributed by atoms with Gasteiger partial charge in [-0.25, -0.2) is 8.78 Å². The predicted octanol–water partition coefficient (Wildman–Crippen LogP) is 2.23. The molecule has 0 N–H and O–H groups in total. The molecule has 1 unspecified atom stereocenters. The molecular weight excluding hydrogens is 280 g/mol. The molecule has 1 atom stereocenters. The van der Waals surface area contributed by atoms with Crippen LogP contribution in [0.4, 0.5) is 8.78 Å². The lowest BCUT2D eigenvalue weighted by atomic mass is 10.1. The van der Waals surface area contributed by atoms with Crippen LogP contribution in [0.25, 0.3) is 0 Å². The third-order valence-corrected chi connectivity index (χ3v) is 3.47. The van der Waals surface area contributed by atoms with E-state index in [4.69, 9.17) is 9.26 Å². The molecule has 1 fully saturated rings. The van der Waals surface area contributed by atoms with Crippen LogP contribution in [0.2, 0.25) is 0 Å². The summed E-state index contributed by atoms with van der Waals surface area (Å²) in [5.74, 6) is -0.688. The molecule has 1 saturated heterocycles. The molecule has 5 nitrogen and oxygen atoms in total. The van der Waals surface area contributed by atoms with E-state index in [1.54, 1.807) is 13.0 Å². The molecule has 21 heavy (non-hydrogen) atoms. The van der Waals surface area contributed by atoms with E-state index >= 15 is 0 Å². The van der Waals surface area contributed by atoms with E-state index < -0.39 is 11.6 Å². The molecule has 0 amide bonds. The highest BCUT2D eigenvalue weighted by Crippen LogP contribution is 2.25. The number of hydrogen-bond donors (Lipinski definition) is 0. The normalized spacial score (nSPS) is 19.9. The van der Waals surface area contributed by atoms with Gasteiger partial charge in [-0.15, -0.1) is 0 Å². The second-order valence-electron chi connectivity index (χ2n) is 4.95. The Morgan fingerprint density at radius 3 is 3.00 bits per heavy atom. The van der Waals surface area contributed by atoms with Crippen LogP contribution in [-0.2, 0) is 11.3 Å². The fraction of sp³-hybridized carbons (Fsp3) is 0.429. The minimum absolute atomic E-state index is 0.248. The molecule has 112 valence electrons. The maximum Gasteiger partial charge on any atom is 0.246 e. The second kappa shape index (κ2) is 5.87. The largest absolute Gasteiger partial charge is 0.378 e. The Bertz CT molecular complexity index is 632. The zero-order valence-electron chi connectivity index (χ0n) is 11.6. The van der Waals surface area contributed by atoms with Gasteiger partial charge in [-0.1, -0.05) is 17.3 Å². The number of hydrogen-bond acceptors (Lipinski definition) is 5. The van der Waals surface area contributed by atoms with E-state index in [1.807, 2.05) is 4.90 Å². The smallest absolute Gasteiger partial charge is 0.246 e. The van der Waals surface area contributed by atoms with Gasteiger partial charge in [0.15, 0.2) is 17.5 Å². The minimum atomic E-state index is -0.842. The van der Waals surface area contributed by atoms with Gasteiger partial charge in [0.1, 0.15) is 6.04 Å². The zero-order chi connectivity index (χ0) is 14.8. The quantitative estimate of drug-likeness (QED) is 0.869. The number of aromatic nitrogens is 2. The van der Waals surface area contributed by atoms with Crippen molar-refractivity contribution in [3.8, 4) is 0 Å². The molecule has 0 spiro atoms. The molecule has 1 aromatic heterocycles. The van der Waals surface area contributed by atoms with Gasteiger partial charge in [-0.3, -0.25) is 4.90 Å². The lowest BCUT2D eigenvalue weighted by Crippen LogP contribution is -2.39. The number of morpholine rings is 1. The zero-order valence-corrected chi connectivity index (χ0v) is 11.6. The van der Waals surface area contributed by atoms with Crippen molar-refractivity contribution in [3.63, 3.8) is 0 Å². The standard InChI is InChI=1S/C14H15F2N3O2/c1-9-17-14(21-18-9)12-8-20-6-5-19(12)7-10-3-2-4-11(15)13(10)16/h2-4,12H,5-8H2,1H3. The van der Waals surface area contributed by atoms with E-state index in [9.17, 15) is 8.78 Å². The first kappa shape index (κ1) is 14.1. The Morgan fingerprint density at radius 2 is 2.24 bits per heavy atom. The molecule has 0 radical (unpaired) electrons. The van der Waals surface area contributed by atoms with Crippen LogP contribution < -0.4 is 0 Å². The topological polar surface area (TPSA) is 51.4 Å². The SMILES string of the molecule is Cc1noc(C2COCCN2Cc2cccc(F)c2F)n1. The molecule has 1 aliphatic heterocycles. The average Bonchev–Trinajstić information content (AvgIpc) is 2.91. The van der Waals surface area contributed by atoms with Crippen LogP contribution in [0, 0.1) is 18.6 Å². The Kier molecular flexibility index (Phi) is 3.94. The lowest BCUT2D eigenvalue weighted by Gasteiger charge is -2.33. The van der Waals surface area contributed by atoms with E-state index in [2.05, 4.69) is 10.1 Å². The summed E-state index contributed by atoms with van der Waals surface area (Å²) >= 11 is 0. The maximum absolute atomic E-state index is 13.8. The summed E-state index contributed by atoms with van der Waals surface area (Å²) in [4.78, 5) is 6.15. The molecular formula is C14H15F2N3O2. The van der Waals surface area contributed by atoms with Gasteiger partial charge in [0.05, 0.1) is 13.2 Å². The Hall–Kier alpha value is -1.86. The van der Waals surface area contributed by atoms with Gasteiger partial charge in [-0.2, -0.15) is 4.98 Å². The molecule has 0 saturated carbocycles. The highest BCUT2D eigenvalue weighted by molar-refractivity contribution is 5.19. The van der Waals surface area contributed by atoms with E-state index in [1.165, 1.54) is 6.07 Å². The van der Waals surface area contributed by atoms with Crippen LogP contribution >= 0.6 is 0 Å². The van der Waals surface area contributed by atoms with Crippen molar-refractivity contribution in [2.24, 2.45) is 0 Å². The van der Waals surface area contributed by atoms with Gasteiger partial charge >= 0.3 is 0 Å². The van der Waals surface area contributed by atoms with E-state index in [0.29, 0.717) is 37.0 Å². The number of rotatable bonds is 3. The van der Waals surface area contributed by atoms with Crippen molar-refractivity contribution in [2.45, 2.75) is 19.5 Å². The number of nitrogens with zero attached hydrogens (tertiary/aromatic N) is 3. The van der Waals surface area contributed by atoms with Crippen LogP contribution in [0.3, 0.4) is 0 Å². The molecule has 3 rings (SSSR count). The van der Waals surface area contributed by atoms with Crippen LogP contribution in [0.5, 0.6) is 0 Å². The van der Waals surface area contributed by atoms with Crippen molar-refractivity contribution in [1.82, 2.24) is 15.0 Å².